The number of nitrogens with one attached hydrogen (secondary N) is 1. The van der Waals surface area contributed by atoms with Gasteiger partial charge in [-0.25, -0.2) is 0 Å². The minimum atomic E-state index is 0.0608. The topological polar surface area (TPSA) is 59.1 Å². The lowest BCUT2D eigenvalue weighted by Gasteiger charge is -2.19. The van der Waals surface area contributed by atoms with Crippen LogP contribution in [0.1, 0.15) is 32.8 Å². The summed E-state index contributed by atoms with van der Waals surface area (Å²) in [6.45, 7) is 7.18. The summed E-state index contributed by atoms with van der Waals surface area (Å²) in [5, 5.41) is 7.66. The molecule has 3 nitrogen and oxygen atoms in total. The van der Waals surface area contributed by atoms with E-state index in [9.17, 15) is 0 Å². The van der Waals surface area contributed by atoms with E-state index in [2.05, 4.69) is 20.8 Å². The maximum atomic E-state index is 7.66. The Morgan fingerprint density at radius 1 is 1.39 bits per heavy atom. The quantitative estimate of drug-likeness (QED) is 0.487. The third-order valence-corrected chi connectivity index (χ3v) is 3.37. The molecule has 1 aromatic carbocycles. The third-order valence-electron chi connectivity index (χ3n) is 2.59. The molecule has 0 aliphatic heterocycles. The number of hydrogen-bond acceptors (Lipinski definition) is 3. The number of nitrogen functional groups attached to an aromatic ring is 1. The molecule has 4 heteroatoms. The standard InChI is InChI=1S/C14H22N2OS/c1-14(2,3)8-9-17-10-6-5-7-11(18-4)12(10)13(15)16/h5-7H,8-9H2,1-4H3,(H3,15,16). The number of ether oxygens (including phenoxy) is 1. The van der Waals surface area contributed by atoms with Gasteiger partial charge in [0.1, 0.15) is 11.6 Å². The van der Waals surface area contributed by atoms with Gasteiger partial charge in [0.15, 0.2) is 0 Å². The highest BCUT2D eigenvalue weighted by Gasteiger charge is 2.14. The molecule has 0 amide bonds. The first-order valence-electron chi connectivity index (χ1n) is 5.99. The number of amidine groups is 1. The predicted octanol–water partition coefficient (Wildman–Crippen LogP) is 3.51. The van der Waals surface area contributed by atoms with Crippen molar-refractivity contribution in [2.45, 2.75) is 32.1 Å². The van der Waals surface area contributed by atoms with E-state index in [1.807, 2.05) is 24.5 Å². The highest BCUT2D eigenvalue weighted by Crippen LogP contribution is 2.29. The van der Waals surface area contributed by atoms with E-state index in [-0.39, 0.29) is 11.3 Å². The van der Waals surface area contributed by atoms with Gasteiger partial charge in [0, 0.05) is 4.90 Å². The zero-order valence-corrected chi connectivity index (χ0v) is 12.4. The van der Waals surface area contributed by atoms with Crippen LogP contribution in [0.3, 0.4) is 0 Å². The fourth-order valence-corrected chi connectivity index (χ4v) is 2.16. The minimum absolute atomic E-state index is 0.0608. The highest BCUT2D eigenvalue weighted by molar-refractivity contribution is 7.98. The van der Waals surface area contributed by atoms with Gasteiger partial charge in [0.2, 0.25) is 0 Å². The largest absolute Gasteiger partial charge is 0.493 e. The molecule has 1 rings (SSSR count). The normalized spacial score (nSPS) is 11.3. The first-order chi connectivity index (χ1) is 8.35. The fourth-order valence-electron chi connectivity index (χ4n) is 1.53. The predicted molar refractivity (Wildman–Crippen MR) is 78.8 cm³/mol. The Bertz CT molecular complexity index is 424. The molecule has 3 N–H and O–H groups in total. The SMILES string of the molecule is CSc1cccc(OCCC(C)(C)C)c1C(=N)N. The van der Waals surface area contributed by atoms with E-state index in [4.69, 9.17) is 15.9 Å². The average Bonchev–Trinajstić information content (AvgIpc) is 2.26. The molecule has 0 aromatic heterocycles. The van der Waals surface area contributed by atoms with Crippen LogP contribution < -0.4 is 10.5 Å². The van der Waals surface area contributed by atoms with Crippen molar-refractivity contribution in [3.8, 4) is 5.75 Å². The number of hydrogen-bond donors (Lipinski definition) is 2. The lowest BCUT2D eigenvalue weighted by atomic mass is 9.93. The molecule has 1 aromatic rings. The summed E-state index contributed by atoms with van der Waals surface area (Å²) < 4.78 is 5.78. The van der Waals surface area contributed by atoms with Crippen LogP contribution in [0.15, 0.2) is 23.1 Å². The summed E-state index contributed by atoms with van der Waals surface area (Å²) in [4.78, 5) is 0.982. The first-order valence-corrected chi connectivity index (χ1v) is 7.22. The van der Waals surface area contributed by atoms with Crippen LogP contribution in [-0.2, 0) is 0 Å². The van der Waals surface area contributed by atoms with Gasteiger partial charge < -0.3 is 10.5 Å². The van der Waals surface area contributed by atoms with Crippen molar-refractivity contribution in [3.05, 3.63) is 23.8 Å². The van der Waals surface area contributed by atoms with E-state index < -0.39 is 0 Å². The van der Waals surface area contributed by atoms with Crippen molar-refractivity contribution < 1.29 is 4.74 Å². The molecule has 100 valence electrons. The average molecular weight is 266 g/mol. The molecular weight excluding hydrogens is 244 g/mol. The molecule has 0 radical (unpaired) electrons. The molecule has 0 spiro atoms. The maximum Gasteiger partial charge on any atom is 0.131 e. The molecule has 0 unspecified atom stereocenters. The monoisotopic (exact) mass is 266 g/mol. The summed E-state index contributed by atoms with van der Waals surface area (Å²) in [6.07, 6.45) is 2.94. The molecule has 18 heavy (non-hydrogen) atoms. The molecule has 0 fully saturated rings. The lowest BCUT2D eigenvalue weighted by molar-refractivity contribution is 0.242. The van der Waals surface area contributed by atoms with E-state index in [0.717, 1.165) is 11.3 Å². The van der Waals surface area contributed by atoms with Gasteiger partial charge in [-0.2, -0.15) is 0 Å². The molecule has 0 atom stereocenters. The Labute approximate surface area is 114 Å². The Hall–Kier alpha value is -1.16. The molecule has 0 saturated carbocycles. The van der Waals surface area contributed by atoms with Crippen LogP contribution in [0, 0.1) is 10.8 Å². The van der Waals surface area contributed by atoms with Crippen molar-refractivity contribution in [2.75, 3.05) is 12.9 Å². The highest BCUT2D eigenvalue weighted by atomic mass is 32.2. The molecule has 0 aliphatic carbocycles. The summed E-state index contributed by atoms with van der Waals surface area (Å²) in [6, 6.07) is 5.77. The summed E-state index contributed by atoms with van der Waals surface area (Å²) >= 11 is 1.58. The van der Waals surface area contributed by atoms with Gasteiger partial charge >= 0.3 is 0 Å². The van der Waals surface area contributed by atoms with Crippen molar-refractivity contribution in [1.29, 1.82) is 5.41 Å². The number of rotatable bonds is 5. The number of benzene rings is 1. The van der Waals surface area contributed by atoms with Crippen LogP contribution >= 0.6 is 11.8 Å². The van der Waals surface area contributed by atoms with Crippen LogP contribution in [0.4, 0.5) is 0 Å². The molecular formula is C14H22N2OS. The molecule has 0 aliphatic rings. The summed E-state index contributed by atoms with van der Waals surface area (Å²) in [5.41, 5.74) is 6.59. The van der Waals surface area contributed by atoms with Crippen molar-refractivity contribution in [1.82, 2.24) is 0 Å². The first kappa shape index (κ1) is 14.9. The lowest BCUT2D eigenvalue weighted by Crippen LogP contribution is -2.16. The van der Waals surface area contributed by atoms with E-state index in [1.54, 1.807) is 11.8 Å². The molecule has 0 bridgehead atoms. The zero-order valence-electron chi connectivity index (χ0n) is 11.5. The Morgan fingerprint density at radius 3 is 2.56 bits per heavy atom. The van der Waals surface area contributed by atoms with Crippen molar-refractivity contribution in [3.63, 3.8) is 0 Å². The van der Waals surface area contributed by atoms with E-state index >= 15 is 0 Å². The van der Waals surface area contributed by atoms with Gasteiger partial charge in [0.25, 0.3) is 0 Å². The number of nitrogens with two attached hydrogens (primary N) is 1. The van der Waals surface area contributed by atoms with Gasteiger partial charge in [-0.05, 0) is 30.2 Å². The van der Waals surface area contributed by atoms with E-state index in [1.165, 1.54) is 0 Å². The van der Waals surface area contributed by atoms with Gasteiger partial charge in [-0.3, -0.25) is 5.41 Å². The Kier molecular flexibility index (Phi) is 5.08. The minimum Gasteiger partial charge on any atom is -0.493 e. The third kappa shape index (κ3) is 4.26. The van der Waals surface area contributed by atoms with Gasteiger partial charge in [-0.1, -0.05) is 26.8 Å². The second-order valence-electron chi connectivity index (χ2n) is 5.41. The maximum absolute atomic E-state index is 7.66. The van der Waals surface area contributed by atoms with Crippen molar-refractivity contribution >= 4 is 17.6 Å². The summed E-state index contributed by atoms with van der Waals surface area (Å²) in [5.74, 6) is 0.768. The second-order valence-corrected chi connectivity index (χ2v) is 6.25. The zero-order chi connectivity index (χ0) is 13.8. The smallest absolute Gasteiger partial charge is 0.131 e. The Morgan fingerprint density at radius 2 is 2.06 bits per heavy atom. The van der Waals surface area contributed by atoms with Gasteiger partial charge in [-0.15, -0.1) is 11.8 Å². The number of thioether (sulfide) groups is 1. The van der Waals surface area contributed by atoms with Crippen LogP contribution in [0.5, 0.6) is 5.75 Å². The Balaban J connectivity index is 2.85. The summed E-state index contributed by atoms with van der Waals surface area (Å²) in [7, 11) is 0. The fraction of sp³-hybridized carbons (Fsp3) is 0.500. The molecule has 0 heterocycles. The van der Waals surface area contributed by atoms with Crippen LogP contribution in [-0.4, -0.2) is 18.7 Å². The molecule has 0 saturated heterocycles. The van der Waals surface area contributed by atoms with Gasteiger partial charge in [0.05, 0.1) is 12.2 Å². The van der Waals surface area contributed by atoms with Crippen molar-refractivity contribution in [2.24, 2.45) is 11.1 Å². The van der Waals surface area contributed by atoms with E-state index in [0.29, 0.717) is 17.9 Å². The van der Waals surface area contributed by atoms with Crippen LogP contribution in [0.2, 0.25) is 0 Å². The second kappa shape index (κ2) is 6.14. The van der Waals surface area contributed by atoms with Crippen LogP contribution in [0.25, 0.3) is 0 Å².